The number of hydrogen-bond acceptors (Lipinski definition) is 1. The van der Waals surface area contributed by atoms with E-state index in [9.17, 15) is 0 Å². The van der Waals surface area contributed by atoms with Gasteiger partial charge in [0.05, 0.1) is 6.54 Å². The maximum atomic E-state index is 8.48. The van der Waals surface area contributed by atoms with Gasteiger partial charge >= 0.3 is 0 Å². The molecule has 1 rings (SSSR count). The van der Waals surface area contributed by atoms with Crippen molar-refractivity contribution in [2.75, 3.05) is 0 Å². The van der Waals surface area contributed by atoms with Gasteiger partial charge in [-0.05, 0) is 6.42 Å². The Morgan fingerprint density at radius 2 is 2.45 bits per heavy atom. The first-order chi connectivity index (χ1) is 5.36. The van der Waals surface area contributed by atoms with Crippen molar-refractivity contribution in [1.82, 2.24) is 4.57 Å². The van der Waals surface area contributed by atoms with E-state index < -0.39 is 0 Å². The Kier molecular flexibility index (Phi) is 2.67. The number of nitrogens with zero attached hydrogens (tertiary/aromatic N) is 3. The zero-order valence-corrected chi connectivity index (χ0v) is 6.70. The van der Waals surface area contributed by atoms with Gasteiger partial charge in [-0.2, -0.15) is 0 Å². The highest BCUT2D eigenvalue weighted by atomic mass is 15.1. The fraction of sp³-hybridized carbons (Fsp3) is 0.500. The Bertz CT molecular complexity index is 257. The highest BCUT2D eigenvalue weighted by Gasteiger charge is 1.99. The van der Waals surface area contributed by atoms with Crippen molar-refractivity contribution in [1.29, 1.82) is 5.26 Å². The molecule has 3 heteroatoms. The normalized spacial score (nSPS) is 9.45. The van der Waals surface area contributed by atoms with E-state index in [4.69, 9.17) is 5.26 Å². The Balaban J connectivity index is 2.53. The van der Waals surface area contributed by atoms with Crippen LogP contribution in [0, 0.1) is 11.5 Å². The molecule has 3 nitrogen and oxygen atoms in total. The Labute approximate surface area is 66.5 Å². The van der Waals surface area contributed by atoms with E-state index in [2.05, 4.69) is 6.92 Å². The molecule has 0 bridgehead atoms. The summed E-state index contributed by atoms with van der Waals surface area (Å²) < 4.78 is 3.52. The van der Waals surface area contributed by atoms with E-state index in [0.717, 1.165) is 6.54 Å². The molecule has 0 fully saturated rings. The summed E-state index contributed by atoms with van der Waals surface area (Å²) in [6.45, 7) is 3.16. The third-order valence-corrected chi connectivity index (χ3v) is 1.58. The topological polar surface area (TPSA) is 32.6 Å². The largest absolute Gasteiger partial charge is 0.296 e. The van der Waals surface area contributed by atoms with Crippen LogP contribution in [0.2, 0.25) is 0 Å². The third-order valence-electron chi connectivity index (χ3n) is 1.58. The fourth-order valence-electron chi connectivity index (χ4n) is 0.926. The SMILES string of the molecule is CCCC[n+]1ccn(C#N)c1. The van der Waals surface area contributed by atoms with Crippen LogP contribution in [0.5, 0.6) is 0 Å². The molecule has 1 aromatic rings. The van der Waals surface area contributed by atoms with Crippen LogP contribution in [0.25, 0.3) is 0 Å². The Hall–Kier alpha value is -1.30. The quantitative estimate of drug-likeness (QED) is 0.589. The second-order valence-corrected chi connectivity index (χ2v) is 2.51. The number of hydrogen-bond donors (Lipinski definition) is 0. The molecule has 0 spiro atoms. The average molecular weight is 150 g/mol. The monoisotopic (exact) mass is 150 g/mol. The summed E-state index contributed by atoms with van der Waals surface area (Å²) in [5.41, 5.74) is 0. The van der Waals surface area contributed by atoms with Crippen LogP contribution in [-0.4, -0.2) is 4.57 Å². The van der Waals surface area contributed by atoms with Crippen LogP contribution in [0.4, 0.5) is 0 Å². The van der Waals surface area contributed by atoms with Gasteiger partial charge in [0.15, 0.2) is 0 Å². The molecule has 0 aromatic carbocycles. The van der Waals surface area contributed by atoms with E-state index in [1.807, 2.05) is 17.0 Å². The van der Waals surface area contributed by atoms with Crippen LogP contribution in [-0.2, 0) is 6.54 Å². The van der Waals surface area contributed by atoms with E-state index >= 15 is 0 Å². The van der Waals surface area contributed by atoms with Gasteiger partial charge in [-0.15, -0.1) is 9.83 Å². The molecule has 1 heterocycles. The number of rotatable bonds is 3. The van der Waals surface area contributed by atoms with Crippen molar-refractivity contribution < 1.29 is 4.57 Å². The molecule has 0 saturated carbocycles. The molecule has 0 aliphatic rings. The van der Waals surface area contributed by atoms with Crippen molar-refractivity contribution in [2.45, 2.75) is 26.3 Å². The first-order valence-electron chi connectivity index (χ1n) is 3.84. The number of nitriles is 1. The van der Waals surface area contributed by atoms with Gasteiger partial charge in [0, 0.05) is 0 Å². The van der Waals surface area contributed by atoms with Gasteiger partial charge < -0.3 is 0 Å². The van der Waals surface area contributed by atoms with Crippen molar-refractivity contribution >= 4 is 0 Å². The first-order valence-corrected chi connectivity index (χ1v) is 3.84. The second kappa shape index (κ2) is 3.77. The van der Waals surface area contributed by atoms with E-state index in [-0.39, 0.29) is 0 Å². The van der Waals surface area contributed by atoms with Crippen LogP contribution in [0.15, 0.2) is 18.7 Å². The standard InChI is InChI=1S/C8H12N3/c1-2-3-4-10-5-6-11(7-9)8-10/h5-6,8H,2-4H2,1H3/q+1. The number of aryl methyl sites for hydroxylation is 1. The molecule has 0 radical (unpaired) electrons. The van der Waals surface area contributed by atoms with Gasteiger partial charge in [0.1, 0.15) is 12.4 Å². The van der Waals surface area contributed by atoms with Gasteiger partial charge in [0.2, 0.25) is 0 Å². The van der Waals surface area contributed by atoms with Gasteiger partial charge in [0.25, 0.3) is 12.5 Å². The highest BCUT2D eigenvalue weighted by Crippen LogP contribution is 1.86. The molecule has 1 aromatic heterocycles. The van der Waals surface area contributed by atoms with E-state index in [1.54, 1.807) is 12.5 Å². The molecule has 11 heavy (non-hydrogen) atoms. The number of unbranched alkanes of at least 4 members (excludes halogenated alkanes) is 1. The summed E-state index contributed by atoms with van der Waals surface area (Å²) in [5.74, 6) is 0. The molecule has 0 aliphatic carbocycles. The fourth-order valence-corrected chi connectivity index (χ4v) is 0.926. The molecule has 58 valence electrons. The van der Waals surface area contributed by atoms with Crippen molar-refractivity contribution in [3.63, 3.8) is 0 Å². The van der Waals surface area contributed by atoms with Gasteiger partial charge in [-0.25, -0.2) is 4.57 Å². The highest BCUT2D eigenvalue weighted by molar-refractivity contribution is 4.81. The van der Waals surface area contributed by atoms with Crippen molar-refractivity contribution in [2.24, 2.45) is 0 Å². The van der Waals surface area contributed by atoms with Gasteiger partial charge in [-0.1, -0.05) is 13.3 Å². The molecule has 0 N–H and O–H groups in total. The Morgan fingerprint density at radius 3 is 3.00 bits per heavy atom. The minimum absolute atomic E-state index is 1.01. The molecule has 0 atom stereocenters. The van der Waals surface area contributed by atoms with Crippen molar-refractivity contribution in [3.8, 4) is 6.19 Å². The van der Waals surface area contributed by atoms with Crippen LogP contribution in [0.1, 0.15) is 19.8 Å². The third kappa shape index (κ3) is 2.08. The van der Waals surface area contributed by atoms with Crippen LogP contribution < -0.4 is 4.57 Å². The smallest absolute Gasteiger partial charge is 0.236 e. The predicted octanol–water partition coefficient (Wildman–Crippen LogP) is 0.905. The lowest BCUT2D eigenvalue weighted by atomic mass is 10.3. The van der Waals surface area contributed by atoms with Crippen LogP contribution >= 0.6 is 0 Å². The molecule has 0 aliphatic heterocycles. The Morgan fingerprint density at radius 1 is 1.64 bits per heavy atom. The molecular weight excluding hydrogens is 138 g/mol. The minimum Gasteiger partial charge on any atom is -0.236 e. The molecule has 0 amide bonds. The maximum absolute atomic E-state index is 8.48. The zero-order chi connectivity index (χ0) is 8.10. The number of aromatic nitrogens is 2. The first kappa shape index (κ1) is 7.80. The second-order valence-electron chi connectivity index (χ2n) is 2.51. The maximum Gasteiger partial charge on any atom is 0.296 e. The summed E-state index contributed by atoms with van der Waals surface area (Å²) in [6, 6.07) is 0. The average Bonchev–Trinajstić information content (AvgIpc) is 2.48. The lowest BCUT2D eigenvalue weighted by Gasteiger charge is -1.90. The summed E-state index contributed by atoms with van der Waals surface area (Å²) >= 11 is 0. The van der Waals surface area contributed by atoms with Gasteiger partial charge in [-0.3, -0.25) is 0 Å². The van der Waals surface area contributed by atoms with Crippen LogP contribution in [0.3, 0.4) is 0 Å². The lowest BCUT2D eigenvalue weighted by molar-refractivity contribution is -0.696. The molecule has 0 saturated heterocycles. The van der Waals surface area contributed by atoms with E-state index in [0.29, 0.717) is 0 Å². The minimum atomic E-state index is 1.01. The number of imidazole rings is 1. The predicted molar refractivity (Wildman–Crippen MR) is 40.5 cm³/mol. The zero-order valence-electron chi connectivity index (χ0n) is 6.70. The molecule has 0 unspecified atom stereocenters. The summed E-state index contributed by atoms with van der Waals surface area (Å²) in [7, 11) is 0. The lowest BCUT2D eigenvalue weighted by Crippen LogP contribution is -2.30. The summed E-state index contributed by atoms with van der Waals surface area (Å²) in [5, 5.41) is 8.48. The molecular formula is C8H12N3+. The van der Waals surface area contributed by atoms with Crippen molar-refractivity contribution in [3.05, 3.63) is 18.7 Å². The summed E-state index contributed by atoms with van der Waals surface area (Å²) in [6.07, 6.45) is 9.85. The van der Waals surface area contributed by atoms with E-state index in [1.165, 1.54) is 17.4 Å². The summed E-state index contributed by atoms with van der Waals surface area (Å²) in [4.78, 5) is 0.